The van der Waals surface area contributed by atoms with Crippen molar-refractivity contribution in [3.63, 3.8) is 0 Å². The van der Waals surface area contributed by atoms with E-state index in [0.29, 0.717) is 38.9 Å². The van der Waals surface area contributed by atoms with Crippen LogP contribution in [0.15, 0.2) is 60.7 Å². The Bertz CT molecular complexity index is 1270. The minimum Gasteiger partial charge on any atom is -0.347 e. The number of hydrogen-bond acceptors (Lipinski definition) is 6. The Morgan fingerprint density at radius 2 is 1.48 bits per heavy atom. The van der Waals surface area contributed by atoms with Gasteiger partial charge in [0.1, 0.15) is 12.8 Å². The zero-order valence-corrected chi connectivity index (χ0v) is 26.1. The molecule has 5 rings (SSSR count). The van der Waals surface area contributed by atoms with Crippen LogP contribution in [-0.2, 0) is 19.1 Å². The van der Waals surface area contributed by atoms with Gasteiger partial charge >= 0.3 is 6.03 Å². The maximum absolute atomic E-state index is 14.2. The van der Waals surface area contributed by atoms with Crippen LogP contribution >= 0.6 is 0 Å². The number of nitrogens with zero attached hydrogens (tertiary/aromatic N) is 4. The molecular weight excluding hydrogens is 558 g/mol. The number of β-lactam (4-membered cyclic amide) rings is 1. The number of piperidine rings is 1. The first-order valence-corrected chi connectivity index (χ1v) is 15.9. The third kappa shape index (κ3) is 6.23. The third-order valence-electron chi connectivity index (χ3n) is 9.64. The molecule has 3 fully saturated rings. The number of piperazine rings is 1. The van der Waals surface area contributed by atoms with Crippen molar-refractivity contribution in [3.05, 3.63) is 71.8 Å². The molecule has 2 atom stereocenters. The van der Waals surface area contributed by atoms with E-state index in [1.54, 1.807) is 9.80 Å². The Hall–Kier alpha value is -3.76. The smallest absolute Gasteiger partial charge is 0.327 e. The van der Waals surface area contributed by atoms with E-state index < -0.39 is 29.8 Å². The van der Waals surface area contributed by atoms with Crippen LogP contribution in [0.25, 0.3) is 0 Å². The van der Waals surface area contributed by atoms with Gasteiger partial charge in [0.25, 0.3) is 0 Å². The number of likely N-dealkylation sites (N-methyl/N-ethyl adjacent to an activating group) is 1. The molecule has 3 aliphatic rings. The van der Waals surface area contributed by atoms with Crippen molar-refractivity contribution in [3.8, 4) is 0 Å². The number of likely N-dealkylation sites (tertiary alicyclic amines) is 2. The predicted molar refractivity (Wildman–Crippen MR) is 166 cm³/mol. The van der Waals surface area contributed by atoms with Gasteiger partial charge in [-0.1, -0.05) is 74.5 Å². The molecule has 3 heterocycles. The standard InChI is InChI=1S/C34H45N5O5/c1-4-34(5-2)31(42)39(32(34)44-24-28(40)37-22-20-36(3)21-23-37)33(43)35-27-18-12-13-19-38(27)30(41)29(25-14-8-6-9-15-25)26-16-10-7-11-17-26/h6-11,14-17,27,29,32H,4-5,12-13,18-24H2,1-3H3,(H,35,43). The number of hydrogen-bond donors (Lipinski definition) is 1. The molecule has 5 amide bonds. The van der Waals surface area contributed by atoms with Crippen molar-refractivity contribution in [1.29, 1.82) is 0 Å². The highest BCUT2D eigenvalue weighted by Crippen LogP contribution is 2.46. The fraction of sp³-hybridized carbons (Fsp3) is 0.529. The summed E-state index contributed by atoms with van der Waals surface area (Å²) in [5.74, 6) is -1.07. The third-order valence-corrected chi connectivity index (χ3v) is 9.64. The van der Waals surface area contributed by atoms with E-state index in [9.17, 15) is 19.2 Å². The van der Waals surface area contributed by atoms with Crippen molar-refractivity contribution in [2.75, 3.05) is 46.4 Å². The van der Waals surface area contributed by atoms with E-state index >= 15 is 0 Å². The molecule has 0 spiro atoms. The molecule has 1 N–H and O–H groups in total. The summed E-state index contributed by atoms with van der Waals surface area (Å²) in [5.41, 5.74) is 0.894. The van der Waals surface area contributed by atoms with Crippen LogP contribution in [0.3, 0.4) is 0 Å². The molecule has 0 aliphatic carbocycles. The van der Waals surface area contributed by atoms with Crippen LogP contribution in [0.1, 0.15) is 63.0 Å². The summed E-state index contributed by atoms with van der Waals surface area (Å²) in [5, 5.41) is 3.00. The fourth-order valence-electron chi connectivity index (χ4n) is 6.76. The highest BCUT2D eigenvalue weighted by atomic mass is 16.5. The van der Waals surface area contributed by atoms with Crippen molar-refractivity contribution in [1.82, 2.24) is 24.9 Å². The Morgan fingerprint density at radius 3 is 2.05 bits per heavy atom. The fourth-order valence-corrected chi connectivity index (χ4v) is 6.76. The lowest BCUT2D eigenvalue weighted by atomic mass is 9.72. The molecule has 0 aromatic heterocycles. The molecule has 10 heteroatoms. The zero-order chi connectivity index (χ0) is 31.3. The monoisotopic (exact) mass is 603 g/mol. The van der Waals surface area contributed by atoms with Gasteiger partial charge < -0.3 is 24.8 Å². The predicted octanol–water partition coefficient (Wildman–Crippen LogP) is 3.63. The molecule has 236 valence electrons. The number of nitrogens with one attached hydrogen (secondary N) is 1. The van der Waals surface area contributed by atoms with E-state index in [4.69, 9.17) is 4.74 Å². The number of imide groups is 1. The number of ether oxygens (including phenoxy) is 1. The lowest BCUT2D eigenvalue weighted by Gasteiger charge is -2.54. The maximum atomic E-state index is 14.2. The highest BCUT2D eigenvalue weighted by Gasteiger charge is 2.62. The summed E-state index contributed by atoms with van der Waals surface area (Å²) < 4.78 is 6.10. The molecule has 3 saturated heterocycles. The molecule has 10 nitrogen and oxygen atoms in total. The number of urea groups is 1. The van der Waals surface area contributed by atoms with Gasteiger partial charge in [-0.25, -0.2) is 9.69 Å². The Labute approximate surface area is 260 Å². The van der Waals surface area contributed by atoms with Gasteiger partial charge in [0.15, 0.2) is 6.23 Å². The van der Waals surface area contributed by atoms with E-state index in [-0.39, 0.29) is 24.3 Å². The molecule has 0 bridgehead atoms. The van der Waals surface area contributed by atoms with Crippen molar-refractivity contribution in [2.24, 2.45) is 5.41 Å². The average molecular weight is 604 g/mol. The largest absolute Gasteiger partial charge is 0.347 e. The molecule has 2 aromatic rings. The number of carbonyl (C=O) groups is 4. The Morgan fingerprint density at radius 1 is 0.886 bits per heavy atom. The van der Waals surface area contributed by atoms with Crippen LogP contribution in [0.4, 0.5) is 4.79 Å². The minimum atomic E-state index is -0.868. The van der Waals surface area contributed by atoms with E-state index in [0.717, 1.165) is 42.0 Å². The van der Waals surface area contributed by atoms with E-state index in [1.807, 2.05) is 81.6 Å². The van der Waals surface area contributed by atoms with Crippen molar-refractivity contribution >= 4 is 23.8 Å². The van der Waals surface area contributed by atoms with Gasteiger partial charge in [-0.05, 0) is 50.3 Å². The number of benzene rings is 2. The Kier molecular flexibility index (Phi) is 10.0. The topological polar surface area (TPSA) is 102 Å². The van der Waals surface area contributed by atoms with E-state index in [2.05, 4.69) is 10.2 Å². The first-order chi connectivity index (χ1) is 21.3. The van der Waals surface area contributed by atoms with Crippen molar-refractivity contribution in [2.45, 2.75) is 64.3 Å². The normalized spacial score (nSPS) is 22.1. The lowest BCUT2D eigenvalue weighted by molar-refractivity contribution is -0.212. The summed E-state index contributed by atoms with van der Waals surface area (Å²) in [6.45, 7) is 6.95. The molecular formula is C34H45N5O5. The summed E-state index contributed by atoms with van der Waals surface area (Å²) >= 11 is 0. The first-order valence-electron chi connectivity index (χ1n) is 15.9. The average Bonchev–Trinajstić information content (AvgIpc) is 3.05. The summed E-state index contributed by atoms with van der Waals surface area (Å²) in [6, 6.07) is 18.7. The molecule has 2 unspecified atom stereocenters. The minimum absolute atomic E-state index is 0.0932. The summed E-state index contributed by atoms with van der Waals surface area (Å²) in [6.07, 6.45) is 1.80. The number of carbonyl (C=O) groups excluding carboxylic acids is 4. The van der Waals surface area contributed by atoms with Crippen LogP contribution < -0.4 is 5.32 Å². The van der Waals surface area contributed by atoms with Crippen LogP contribution in [0.5, 0.6) is 0 Å². The van der Waals surface area contributed by atoms with Crippen LogP contribution in [0.2, 0.25) is 0 Å². The SMILES string of the molecule is CCC1(CC)C(=O)N(C(=O)NC2CCCCN2C(=O)C(c2ccccc2)c2ccccc2)C1OCC(=O)N1CCN(C)CC1. The van der Waals surface area contributed by atoms with Gasteiger partial charge in [0.2, 0.25) is 17.7 Å². The van der Waals surface area contributed by atoms with Gasteiger partial charge in [-0.3, -0.25) is 14.4 Å². The maximum Gasteiger partial charge on any atom is 0.327 e. The molecule has 0 radical (unpaired) electrons. The second-order valence-corrected chi connectivity index (χ2v) is 12.1. The van der Waals surface area contributed by atoms with Crippen molar-refractivity contribution < 1.29 is 23.9 Å². The second-order valence-electron chi connectivity index (χ2n) is 12.1. The second kappa shape index (κ2) is 13.9. The van der Waals surface area contributed by atoms with Gasteiger partial charge in [0, 0.05) is 32.7 Å². The first kappa shape index (κ1) is 31.7. The molecule has 2 aromatic carbocycles. The van der Waals surface area contributed by atoms with E-state index in [1.165, 1.54) is 0 Å². The molecule has 44 heavy (non-hydrogen) atoms. The quantitative estimate of drug-likeness (QED) is 0.440. The highest BCUT2D eigenvalue weighted by molar-refractivity contribution is 6.03. The lowest BCUT2D eigenvalue weighted by Crippen LogP contribution is -2.74. The summed E-state index contributed by atoms with van der Waals surface area (Å²) in [7, 11) is 2.02. The van der Waals surface area contributed by atoms with Gasteiger partial charge in [0.05, 0.1) is 11.3 Å². The van der Waals surface area contributed by atoms with Crippen LogP contribution in [0, 0.1) is 5.41 Å². The zero-order valence-electron chi connectivity index (χ0n) is 26.1. The molecule has 3 aliphatic heterocycles. The number of amides is 5. The Balaban J connectivity index is 1.32. The number of rotatable bonds is 9. The molecule has 0 saturated carbocycles. The van der Waals surface area contributed by atoms with Gasteiger partial charge in [-0.15, -0.1) is 0 Å². The van der Waals surface area contributed by atoms with Gasteiger partial charge in [-0.2, -0.15) is 0 Å². The summed E-state index contributed by atoms with van der Waals surface area (Å²) in [4.78, 5) is 61.3. The van der Waals surface area contributed by atoms with Crippen LogP contribution in [-0.4, -0.2) is 102 Å².